The molecule has 0 amide bonds. The zero-order valence-corrected chi connectivity index (χ0v) is 11.1. The number of thioether (sulfide) groups is 1. The zero-order valence-electron chi connectivity index (χ0n) is 8.53. The molecular weight excluding hydrogens is 276 g/mol. The number of benzene rings is 1. The number of thiol groups is 1. The van der Waals surface area contributed by atoms with Crippen molar-refractivity contribution in [2.45, 2.75) is 8.68 Å². The first-order chi connectivity index (χ1) is 8.16. The standard InChI is InChI=1S/C10H8N2O2S3/c13-7-4-2-1-3-6(7)8(14)5-16-10-12-11-9(15)17-10/h1-4,13H,5H2,(H,11,15). The minimum Gasteiger partial charge on any atom is -0.507 e. The molecule has 0 saturated carbocycles. The van der Waals surface area contributed by atoms with Gasteiger partial charge in [-0.3, -0.25) is 4.79 Å². The van der Waals surface area contributed by atoms with Crippen molar-refractivity contribution in [2.24, 2.45) is 0 Å². The highest BCUT2D eigenvalue weighted by atomic mass is 32.2. The van der Waals surface area contributed by atoms with Crippen molar-refractivity contribution in [1.82, 2.24) is 10.2 Å². The molecule has 2 aromatic rings. The van der Waals surface area contributed by atoms with Crippen LogP contribution in [0.3, 0.4) is 0 Å². The number of Topliss-reactive ketones (excluding diaryl/α,β-unsaturated/α-hetero) is 1. The van der Waals surface area contributed by atoms with Gasteiger partial charge in [0.05, 0.1) is 11.3 Å². The van der Waals surface area contributed by atoms with Gasteiger partial charge in [0.2, 0.25) is 0 Å². The first-order valence-electron chi connectivity index (χ1n) is 4.63. The van der Waals surface area contributed by atoms with Gasteiger partial charge in [-0.25, -0.2) is 0 Å². The van der Waals surface area contributed by atoms with E-state index < -0.39 is 0 Å². The number of nitrogens with zero attached hydrogens (tertiary/aromatic N) is 2. The van der Waals surface area contributed by atoms with Gasteiger partial charge in [0, 0.05) is 0 Å². The summed E-state index contributed by atoms with van der Waals surface area (Å²) in [6.45, 7) is 0. The molecule has 88 valence electrons. The largest absolute Gasteiger partial charge is 0.507 e. The molecule has 1 aromatic carbocycles. The summed E-state index contributed by atoms with van der Waals surface area (Å²) in [5.74, 6) is 0.0919. The van der Waals surface area contributed by atoms with Crippen LogP contribution in [0.5, 0.6) is 5.75 Å². The monoisotopic (exact) mass is 284 g/mol. The second-order valence-electron chi connectivity index (χ2n) is 3.08. The molecule has 0 fully saturated rings. The normalized spacial score (nSPS) is 10.4. The summed E-state index contributed by atoms with van der Waals surface area (Å²) in [7, 11) is 0. The molecule has 7 heteroatoms. The van der Waals surface area contributed by atoms with Crippen LogP contribution < -0.4 is 0 Å². The molecular formula is C10H8N2O2S3. The first kappa shape index (κ1) is 12.4. The molecule has 2 rings (SSSR count). The smallest absolute Gasteiger partial charge is 0.176 e. The third kappa shape index (κ3) is 3.21. The number of para-hydroxylation sites is 1. The van der Waals surface area contributed by atoms with E-state index in [9.17, 15) is 9.90 Å². The predicted molar refractivity (Wildman–Crippen MR) is 70.3 cm³/mol. The molecule has 1 heterocycles. The number of carbonyl (C=O) groups excluding carboxylic acids is 1. The zero-order chi connectivity index (χ0) is 12.3. The minimum atomic E-state index is -0.135. The Morgan fingerprint density at radius 1 is 1.41 bits per heavy atom. The second kappa shape index (κ2) is 5.52. The average molecular weight is 284 g/mol. The van der Waals surface area contributed by atoms with Gasteiger partial charge in [-0.1, -0.05) is 35.2 Å². The van der Waals surface area contributed by atoms with E-state index >= 15 is 0 Å². The van der Waals surface area contributed by atoms with Gasteiger partial charge in [-0.2, -0.15) is 0 Å². The summed E-state index contributed by atoms with van der Waals surface area (Å²) in [6, 6.07) is 6.49. The van der Waals surface area contributed by atoms with E-state index in [2.05, 4.69) is 22.8 Å². The van der Waals surface area contributed by atoms with Crippen molar-refractivity contribution < 1.29 is 9.90 Å². The summed E-state index contributed by atoms with van der Waals surface area (Å²) < 4.78 is 1.27. The van der Waals surface area contributed by atoms with Crippen LogP contribution in [0.4, 0.5) is 0 Å². The van der Waals surface area contributed by atoms with Crippen LogP contribution in [0.2, 0.25) is 0 Å². The molecule has 4 nitrogen and oxygen atoms in total. The van der Waals surface area contributed by atoms with Gasteiger partial charge in [-0.05, 0) is 12.1 Å². The SMILES string of the molecule is O=C(CSc1nnc(S)s1)c1ccccc1O. The molecule has 0 spiro atoms. The lowest BCUT2D eigenvalue weighted by atomic mass is 10.1. The Hall–Kier alpha value is -1.05. The van der Waals surface area contributed by atoms with Crippen LogP contribution in [0.25, 0.3) is 0 Å². The maximum Gasteiger partial charge on any atom is 0.176 e. The quantitative estimate of drug-likeness (QED) is 0.513. The molecule has 0 aliphatic rings. The number of phenols is 1. The van der Waals surface area contributed by atoms with Gasteiger partial charge in [-0.15, -0.1) is 22.8 Å². The average Bonchev–Trinajstić information content (AvgIpc) is 2.73. The van der Waals surface area contributed by atoms with Crippen molar-refractivity contribution in [3.8, 4) is 5.75 Å². The van der Waals surface area contributed by atoms with Gasteiger partial charge < -0.3 is 5.11 Å². The van der Waals surface area contributed by atoms with Crippen LogP contribution in [0, 0.1) is 0 Å². The number of carbonyl (C=O) groups is 1. The fourth-order valence-corrected chi connectivity index (χ4v) is 3.14. The van der Waals surface area contributed by atoms with Gasteiger partial charge in [0.1, 0.15) is 5.75 Å². The van der Waals surface area contributed by atoms with Crippen LogP contribution in [0.1, 0.15) is 10.4 Å². The molecule has 1 aromatic heterocycles. The predicted octanol–water partition coefficient (Wildman–Crippen LogP) is 2.51. The number of aromatic nitrogens is 2. The lowest BCUT2D eigenvalue weighted by Crippen LogP contribution is -2.02. The van der Waals surface area contributed by atoms with Crippen molar-refractivity contribution >= 4 is 41.5 Å². The topological polar surface area (TPSA) is 63.1 Å². The lowest BCUT2D eigenvalue weighted by molar-refractivity contribution is 0.102. The third-order valence-corrected chi connectivity index (χ3v) is 4.15. The molecule has 1 N–H and O–H groups in total. The van der Waals surface area contributed by atoms with Crippen LogP contribution in [-0.4, -0.2) is 26.8 Å². The molecule has 0 radical (unpaired) electrons. The van der Waals surface area contributed by atoms with Gasteiger partial charge in [0.25, 0.3) is 0 Å². The first-order valence-corrected chi connectivity index (χ1v) is 6.88. The van der Waals surface area contributed by atoms with Crippen molar-refractivity contribution in [1.29, 1.82) is 0 Å². The number of phenolic OH excluding ortho intramolecular Hbond substituents is 1. The van der Waals surface area contributed by atoms with E-state index in [4.69, 9.17) is 0 Å². The van der Waals surface area contributed by atoms with Crippen molar-refractivity contribution in [2.75, 3.05) is 5.75 Å². The number of rotatable bonds is 4. The molecule has 17 heavy (non-hydrogen) atoms. The van der Waals surface area contributed by atoms with Crippen molar-refractivity contribution in [3.05, 3.63) is 29.8 Å². The molecule has 0 saturated heterocycles. The van der Waals surface area contributed by atoms with Gasteiger partial charge >= 0.3 is 0 Å². The summed E-state index contributed by atoms with van der Waals surface area (Å²) in [4.78, 5) is 11.8. The van der Waals surface area contributed by atoms with Crippen LogP contribution in [-0.2, 0) is 0 Å². The van der Waals surface area contributed by atoms with E-state index in [1.54, 1.807) is 18.2 Å². The Morgan fingerprint density at radius 3 is 2.82 bits per heavy atom. The maximum absolute atomic E-state index is 11.8. The van der Waals surface area contributed by atoms with E-state index in [0.29, 0.717) is 14.2 Å². The van der Waals surface area contributed by atoms with Crippen molar-refractivity contribution in [3.63, 3.8) is 0 Å². The highest BCUT2D eigenvalue weighted by Gasteiger charge is 2.12. The van der Waals surface area contributed by atoms with E-state index in [1.807, 2.05) is 0 Å². The van der Waals surface area contributed by atoms with Crippen LogP contribution in [0.15, 0.2) is 32.9 Å². The second-order valence-corrected chi connectivity index (χ2v) is 6.01. The third-order valence-electron chi connectivity index (χ3n) is 1.93. The fraction of sp³-hybridized carbons (Fsp3) is 0.100. The maximum atomic E-state index is 11.8. The highest BCUT2D eigenvalue weighted by Crippen LogP contribution is 2.26. The number of aromatic hydroxyl groups is 1. The summed E-state index contributed by atoms with van der Waals surface area (Å²) in [5.41, 5.74) is 0.329. The van der Waals surface area contributed by atoms with Crippen LogP contribution >= 0.6 is 35.7 Å². The minimum absolute atomic E-state index is 0.00486. The molecule has 0 unspecified atom stereocenters. The summed E-state index contributed by atoms with van der Waals surface area (Å²) in [5, 5.41) is 17.1. The van der Waals surface area contributed by atoms with E-state index in [0.717, 1.165) is 0 Å². The molecule has 0 aliphatic heterocycles. The summed E-state index contributed by atoms with van der Waals surface area (Å²) >= 11 is 6.65. The van der Waals surface area contributed by atoms with E-state index in [1.165, 1.54) is 29.2 Å². The Balaban J connectivity index is 2.01. The fourth-order valence-electron chi connectivity index (χ4n) is 1.18. The van der Waals surface area contributed by atoms with E-state index in [-0.39, 0.29) is 17.3 Å². The van der Waals surface area contributed by atoms with Gasteiger partial charge in [0.15, 0.2) is 14.5 Å². The lowest BCUT2D eigenvalue weighted by Gasteiger charge is -2.01. The Kier molecular flexibility index (Phi) is 4.03. The Bertz CT molecular complexity index is 542. The molecule has 0 aliphatic carbocycles. The molecule has 0 bridgehead atoms. The molecule has 0 atom stereocenters. The number of ketones is 1. The Morgan fingerprint density at radius 2 is 2.18 bits per heavy atom. The number of hydrogen-bond acceptors (Lipinski definition) is 7. The number of hydrogen-bond donors (Lipinski definition) is 2. The summed E-state index contributed by atoms with van der Waals surface area (Å²) in [6.07, 6.45) is 0. The Labute approximate surface area is 112 Å². The highest BCUT2D eigenvalue weighted by molar-refractivity contribution is 8.01.